The first-order valence-corrected chi connectivity index (χ1v) is 4.91. The van der Waals surface area contributed by atoms with Gasteiger partial charge in [-0.25, -0.2) is 0 Å². The summed E-state index contributed by atoms with van der Waals surface area (Å²) in [6, 6.07) is 1.41. The minimum Gasteiger partial charge on any atom is -0.300 e. The summed E-state index contributed by atoms with van der Waals surface area (Å²) in [6.45, 7) is 1.75. The van der Waals surface area contributed by atoms with Gasteiger partial charge >= 0.3 is 0 Å². The smallest absolute Gasteiger partial charge is 0.133 e. The van der Waals surface area contributed by atoms with E-state index in [-0.39, 0.29) is 0 Å². The largest absolute Gasteiger partial charge is 0.300 e. The summed E-state index contributed by atoms with van der Waals surface area (Å²) in [6.07, 6.45) is 4.85. The Morgan fingerprint density at radius 3 is 2.17 bits per heavy atom. The lowest BCUT2D eigenvalue weighted by molar-refractivity contribution is -0.122. The Morgan fingerprint density at radius 1 is 1.25 bits per heavy atom. The highest BCUT2D eigenvalue weighted by Gasteiger charge is 2.39. The highest BCUT2D eigenvalue weighted by molar-refractivity contribution is 5.78. The number of piperidine rings is 1. The van der Waals surface area contributed by atoms with Gasteiger partial charge in [0.1, 0.15) is 5.78 Å². The molecule has 2 heteroatoms. The molecule has 0 radical (unpaired) electrons. The zero-order valence-electron chi connectivity index (χ0n) is 7.92. The van der Waals surface area contributed by atoms with Crippen molar-refractivity contribution in [3.8, 4) is 0 Å². The number of Topliss-reactive ketones (excluding diaryl/α,β-unsaturated/α-hetero) is 1. The second-order valence-corrected chi connectivity index (χ2v) is 4.33. The Kier molecular flexibility index (Phi) is 1.95. The molecule has 68 valence electrons. The molecule has 0 aliphatic carbocycles. The maximum absolute atomic E-state index is 11.2. The van der Waals surface area contributed by atoms with E-state index in [0.29, 0.717) is 23.8 Å². The number of carbonyl (C=O) groups excluding carboxylic acids is 1. The van der Waals surface area contributed by atoms with Gasteiger partial charge in [-0.15, -0.1) is 0 Å². The van der Waals surface area contributed by atoms with Crippen LogP contribution in [-0.4, -0.2) is 29.8 Å². The third-order valence-corrected chi connectivity index (χ3v) is 3.67. The van der Waals surface area contributed by atoms with Gasteiger partial charge in [-0.1, -0.05) is 0 Å². The topological polar surface area (TPSA) is 20.3 Å². The number of fused-ring (bicyclic) bond motifs is 2. The van der Waals surface area contributed by atoms with E-state index >= 15 is 0 Å². The van der Waals surface area contributed by atoms with Crippen LogP contribution in [-0.2, 0) is 4.79 Å². The van der Waals surface area contributed by atoms with Gasteiger partial charge in [0, 0.05) is 18.0 Å². The Bertz CT molecular complexity index is 188. The third-order valence-electron chi connectivity index (χ3n) is 3.67. The van der Waals surface area contributed by atoms with Gasteiger partial charge in [0.2, 0.25) is 0 Å². The highest BCUT2D eigenvalue weighted by Crippen LogP contribution is 2.37. The van der Waals surface area contributed by atoms with E-state index in [0.717, 1.165) is 12.8 Å². The molecule has 0 saturated carbocycles. The lowest BCUT2D eigenvalue weighted by atomic mass is 9.88. The number of nitrogens with zero attached hydrogens (tertiary/aromatic N) is 1. The predicted octanol–water partition coefficient (Wildman–Crippen LogP) is 1.45. The van der Waals surface area contributed by atoms with Crippen molar-refractivity contribution in [1.29, 1.82) is 0 Å². The van der Waals surface area contributed by atoms with Gasteiger partial charge in [0.05, 0.1) is 0 Å². The van der Waals surface area contributed by atoms with Crippen LogP contribution in [0.5, 0.6) is 0 Å². The predicted molar refractivity (Wildman–Crippen MR) is 48.0 cm³/mol. The van der Waals surface area contributed by atoms with Crippen molar-refractivity contribution in [2.24, 2.45) is 5.92 Å². The molecule has 0 aromatic heterocycles. The summed E-state index contributed by atoms with van der Waals surface area (Å²) in [4.78, 5) is 13.7. The fourth-order valence-corrected chi connectivity index (χ4v) is 2.74. The van der Waals surface area contributed by atoms with Crippen LogP contribution in [0.4, 0.5) is 0 Å². The average Bonchev–Trinajstić information content (AvgIpc) is 2.30. The molecule has 0 spiro atoms. The van der Waals surface area contributed by atoms with Crippen LogP contribution in [0.1, 0.15) is 32.6 Å². The minimum atomic E-state index is 0.374. The van der Waals surface area contributed by atoms with E-state index in [1.54, 1.807) is 6.92 Å². The van der Waals surface area contributed by atoms with E-state index < -0.39 is 0 Å². The SMILES string of the molecule is CC(=O)C1CC2CCC(C1)N2C. The molecule has 12 heavy (non-hydrogen) atoms. The molecule has 2 nitrogen and oxygen atoms in total. The molecule has 2 rings (SSSR count). The second kappa shape index (κ2) is 2.84. The minimum absolute atomic E-state index is 0.374. The summed E-state index contributed by atoms with van der Waals surface area (Å²) in [5.41, 5.74) is 0. The first kappa shape index (κ1) is 8.24. The molecule has 2 saturated heterocycles. The van der Waals surface area contributed by atoms with Gasteiger partial charge in [0.15, 0.2) is 0 Å². The van der Waals surface area contributed by atoms with Gasteiger partial charge in [-0.2, -0.15) is 0 Å². The van der Waals surface area contributed by atoms with Gasteiger partial charge in [0.25, 0.3) is 0 Å². The van der Waals surface area contributed by atoms with E-state index in [1.165, 1.54) is 12.8 Å². The maximum Gasteiger partial charge on any atom is 0.133 e. The molecule has 2 aliphatic rings. The molecule has 2 aliphatic heterocycles. The average molecular weight is 167 g/mol. The molecular formula is C10H17NO. The first-order chi connectivity index (χ1) is 5.68. The van der Waals surface area contributed by atoms with Crippen LogP contribution in [0.2, 0.25) is 0 Å². The molecule has 2 heterocycles. The maximum atomic E-state index is 11.2. The fourth-order valence-electron chi connectivity index (χ4n) is 2.74. The quantitative estimate of drug-likeness (QED) is 0.589. The summed E-state index contributed by atoms with van der Waals surface area (Å²) in [5, 5.41) is 0. The Balaban J connectivity index is 2.07. The third kappa shape index (κ3) is 1.18. The summed E-state index contributed by atoms with van der Waals surface area (Å²) < 4.78 is 0. The highest BCUT2D eigenvalue weighted by atomic mass is 16.1. The molecule has 0 amide bonds. The van der Waals surface area contributed by atoms with Gasteiger partial charge in [-0.3, -0.25) is 4.79 Å². The number of rotatable bonds is 1. The van der Waals surface area contributed by atoms with E-state index in [2.05, 4.69) is 11.9 Å². The van der Waals surface area contributed by atoms with Crippen LogP contribution in [0.25, 0.3) is 0 Å². The van der Waals surface area contributed by atoms with Crippen LogP contribution < -0.4 is 0 Å². The van der Waals surface area contributed by atoms with Crippen molar-refractivity contribution < 1.29 is 4.79 Å². The second-order valence-electron chi connectivity index (χ2n) is 4.33. The van der Waals surface area contributed by atoms with Gasteiger partial charge in [-0.05, 0) is 39.7 Å². The van der Waals surface area contributed by atoms with Crippen LogP contribution in [0.3, 0.4) is 0 Å². The summed E-state index contributed by atoms with van der Waals surface area (Å²) in [5.74, 6) is 0.777. The van der Waals surface area contributed by atoms with Crippen molar-refractivity contribution in [1.82, 2.24) is 4.90 Å². The summed E-state index contributed by atoms with van der Waals surface area (Å²) >= 11 is 0. The molecule has 2 atom stereocenters. The normalized spacial score (nSPS) is 41.7. The molecule has 2 unspecified atom stereocenters. The number of hydrogen-bond acceptors (Lipinski definition) is 2. The lowest BCUT2D eigenvalue weighted by Crippen LogP contribution is -2.41. The van der Waals surface area contributed by atoms with Crippen molar-refractivity contribution in [3.63, 3.8) is 0 Å². The van der Waals surface area contributed by atoms with Crippen LogP contribution in [0, 0.1) is 5.92 Å². The van der Waals surface area contributed by atoms with Gasteiger partial charge < -0.3 is 4.90 Å². The van der Waals surface area contributed by atoms with Crippen molar-refractivity contribution in [3.05, 3.63) is 0 Å². The molecule has 0 aromatic carbocycles. The number of carbonyl (C=O) groups is 1. The monoisotopic (exact) mass is 167 g/mol. The molecular weight excluding hydrogens is 150 g/mol. The van der Waals surface area contributed by atoms with Crippen molar-refractivity contribution in [2.75, 3.05) is 7.05 Å². The lowest BCUT2D eigenvalue weighted by Gasteiger charge is -2.35. The molecule has 2 bridgehead atoms. The Labute approximate surface area is 73.9 Å². The zero-order valence-corrected chi connectivity index (χ0v) is 7.92. The van der Waals surface area contributed by atoms with Crippen LogP contribution in [0.15, 0.2) is 0 Å². The number of hydrogen-bond donors (Lipinski definition) is 0. The Morgan fingerprint density at radius 2 is 1.75 bits per heavy atom. The fraction of sp³-hybridized carbons (Fsp3) is 0.900. The van der Waals surface area contributed by atoms with Crippen molar-refractivity contribution >= 4 is 5.78 Å². The number of ketones is 1. The van der Waals surface area contributed by atoms with E-state index in [9.17, 15) is 4.79 Å². The molecule has 0 aromatic rings. The van der Waals surface area contributed by atoms with E-state index in [4.69, 9.17) is 0 Å². The Hall–Kier alpha value is -0.370. The molecule has 2 fully saturated rings. The molecule has 0 N–H and O–H groups in total. The van der Waals surface area contributed by atoms with Crippen LogP contribution >= 0.6 is 0 Å². The first-order valence-electron chi connectivity index (χ1n) is 4.91. The van der Waals surface area contributed by atoms with E-state index in [1.807, 2.05) is 0 Å². The van der Waals surface area contributed by atoms with Crippen molar-refractivity contribution in [2.45, 2.75) is 44.7 Å². The standard InChI is InChI=1S/C10H17NO/c1-7(12)8-5-9-3-4-10(6-8)11(9)2/h8-10H,3-6H2,1-2H3. The summed E-state index contributed by atoms with van der Waals surface area (Å²) in [7, 11) is 2.21. The zero-order chi connectivity index (χ0) is 8.72.